The lowest BCUT2D eigenvalue weighted by Crippen LogP contribution is -2.06. The molecule has 0 saturated heterocycles. The van der Waals surface area contributed by atoms with E-state index >= 15 is 0 Å². The van der Waals surface area contributed by atoms with E-state index in [-0.39, 0.29) is 0 Å². The first kappa shape index (κ1) is 13.8. The van der Waals surface area contributed by atoms with Crippen molar-refractivity contribution < 1.29 is 0 Å². The van der Waals surface area contributed by atoms with Gasteiger partial charge >= 0.3 is 0 Å². The highest BCUT2D eigenvalue weighted by Gasteiger charge is 2.13. The van der Waals surface area contributed by atoms with Crippen LogP contribution < -0.4 is 5.32 Å². The van der Waals surface area contributed by atoms with Gasteiger partial charge in [-0.1, -0.05) is 30.3 Å². The van der Waals surface area contributed by atoms with Gasteiger partial charge in [-0.3, -0.25) is 0 Å². The zero-order chi connectivity index (χ0) is 14.7. The summed E-state index contributed by atoms with van der Waals surface area (Å²) in [7, 11) is 0. The molecule has 106 valence electrons. The predicted octanol–water partition coefficient (Wildman–Crippen LogP) is 4.61. The number of anilines is 1. The van der Waals surface area contributed by atoms with Gasteiger partial charge in [-0.15, -0.1) is 0 Å². The summed E-state index contributed by atoms with van der Waals surface area (Å²) >= 11 is 1.66. The number of benzene rings is 1. The Morgan fingerprint density at radius 1 is 1.05 bits per heavy atom. The summed E-state index contributed by atoms with van der Waals surface area (Å²) in [6.45, 7) is 4.99. The largest absolute Gasteiger partial charge is 0.370 e. The Morgan fingerprint density at radius 3 is 2.52 bits per heavy atom. The fourth-order valence-electron chi connectivity index (χ4n) is 2.25. The highest BCUT2D eigenvalue weighted by Crippen LogP contribution is 2.29. The van der Waals surface area contributed by atoms with E-state index < -0.39 is 0 Å². The van der Waals surface area contributed by atoms with Crippen LogP contribution in [0, 0.1) is 6.92 Å². The third-order valence-corrected chi connectivity index (χ3v) is 4.00. The Hall–Kier alpha value is -2.20. The highest BCUT2D eigenvalue weighted by molar-refractivity contribution is 7.08. The molecule has 0 bridgehead atoms. The monoisotopic (exact) mass is 295 g/mol. The summed E-state index contributed by atoms with van der Waals surface area (Å²) < 4.78 is 0. The Balaban J connectivity index is 2.18. The van der Waals surface area contributed by atoms with Crippen LogP contribution in [0.3, 0.4) is 0 Å². The van der Waals surface area contributed by atoms with Gasteiger partial charge in [-0.2, -0.15) is 11.3 Å². The van der Waals surface area contributed by atoms with Crippen LogP contribution in [0.2, 0.25) is 0 Å². The van der Waals surface area contributed by atoms with Crippen LogP contribution >= 0.6 is 11.3 Å². The van der Waals surface area contributed by atoms with Crippen LogP contribution in [0.25, 0.3) is 22.6 Å². The lowest BCUT2D eigenvalue weighted by molar-refractivity contribution is 1.09. The molecule has 4 heteroatoms. The van der Waals surface area contributed by atoms with Gasteiger partial charge in [-0.05, 0) is 25.3 Å². The van der Waals surface area contributed by atoms with E-state index in [1.165, 1.54) is 0 Å². The quantitative estimate of drug-likeness (QED) is 0.763. The van der Waals surface area contributed by atoms with Crippen LogP contribution in [-0.4, -0.2) is 16.5 Å². The van der Waals surface area contributed by atoms with Crippen LogP contribution in [0.5, 0.6) is 0 Å². The van der Waals surface area contributed by atoms with Crippen molar-refractivity contribution >= 4 is 17.2 Å². The summed E-state index contributed by atoms with van der Waals surface area (Å²) in [5.74, 6) is 1.68. The summed E-state index contributed by atoms with van der Waals surface area (Å²) in [5.41, 5.74) is 4.26. The van der Waals surface area contributed by atoms with Gasteiger partial charge in [0.15, 0.2) is 5.82 Å². The summed E-state index contributed by atoms with van der Waals surface area (Å²) in [6.07, 6.45) is 0. The molecule has 0 spiro atoms. The number of nitrogens with one attached hydrogen (secondary N) is 1. The maximum Gasteiger partial charge on any atom is 0.162 e. The minimum atomic E-state index is 0.775. The fourth-order valence-corrected chi connectivity index (χ4v) is 2.89. The average molecular weight is 295 g/mol. The van der Waals surface area contributed by atoms with Gasteiger partial charge in [0.05, 0.1) is 5.69 Å². The highest BCUT2D eigenvalue weighted by atomic mass is 32.1. The van der Waals surface area contributed by atoms with E-state index in [0.29, 0.717) is 0 Å². The predicted molar refractivity (Wildman–Crippen MR) is 89.7 cm³/mol. The van der Waals surface area contributed by atoms with Crippen molar-refractivity contribution in [2.45, 2.75) is 13.8 Å². The summed E-state index contributed by atoms with van der Waals surface area (Å²) in [5, 5.41) is 7.47. The Morgan fingerprint density at radius 2 is 1.86 bits per heavy atom. The van der Waals surface area contributed by atoms with E-state index in [1.54, 1.807) is 11.3 Å². The summed E-state index contributed by atoms with van der Waals surface area (Å²) in [4.78, 5) is 9.46. The lowest BCUT2D eigenvalue weighted by atomic mass is 10.1. The molecule has 1 aromatic carbocycles. The number of aromatic nitrogens is 2. The van der Waals surface area contributed by atoms with Gasteiger partial charge in [0.25, 0.3) is 0 Å². The molecule has 3 aromatic rings. The van der Waals surface area contributed by atoms with E-state index in [9.17, 15) is 0 Å². The minimum absolute atomic E-state index is 0.775. The maximum absolute atomic E-state index is 4.78. The third-order valence-electron chi connectivity index (χ3n) is 3.32. The SMILES string of the molecule is CCNc1nc(-c2ccsc2)nc(-c2ccccc2)c1C. The molecule has 2 aromatic heterocycles. The molecule has 0 aliphatic heterocycles. The molecule has 3 nitrogen and oxygen atoms in total. The number of nitrogens with zero attached hydrogens (tertiary/aromatic N) is 2. The Kier molecular flexibility index (Phi) is 3.97. The first-order valence-electron chi connectivity index (χ1n) is 7.00. The number of hydrogen-bond acceptors (Lipinski definition) is 4. The van der Waals surface area contributed by atoms with Crippen molar-refractivity contribution in [3.8, 4) is 22.6 Å². The molecule has 3 rings (SSSR count). The molecular weight excluding hydrogens is 278 g/mol. The van der Waals surface area contributed by atoms with Crippen molar-refractivity contribution in [3.63, 3.8) is 0 Å². The Labute approximate surface area is 128 Å². The fraction of sp³-hybridized carbons (Fsp3) is 0.176. The molecule has 0 unspecified atom stereocenters. The van der Waals surface area contributed by atoms with Gasteiger partial charge in [0, 0.05) is 28.6 Å². The lowest BCUT2D eigenvalue weighted by Gasteiger charge is -2.13. The zero-order valence-electron chi connectivity index (χ0n) is 12.1. The van der Waals surface area contributed by atoms with Gasteiger partial charge < -0.3 is 5.32 Å². The van der Waals surface area contributed by atoms with Crippen molar-refractivity contribution in [2.75, 3.05) is 11.9 Å². The zero-order valence-corrected chi connectivity index (χ0v) is 12.9. The van der Waals surface area contributed by atoms with E-state index in [2.05, 4.69) is 47.7 Å². The molecule has 0 saturated carbocycles. The van der Waals surface area contributed by atoms with Crippen molar-refractivity contribution in [1.82, 2.24) is 9.97 Å². The number of thiophene rings is 1. The molecule has 0 amide bonds. The van der Waals surface area contributed by atoms with E-state index in [4.69, 9.17) is 4.98 Å². The molecule has 0 fully saturated rings. The molecule has 21 heavy (non-hydrogen) atoms. The molecule has 0 atom stereocenters. The van der Waals surface area contributed by atoms with Gasteiger partial charge in [0.1, 0.15) is 5.82 Å². The molecule has 2 heterocycles. The third kappa shape index (κ3) is 2.81. The molecule has 0 aliphatic rings. The average Bonchev–Trinajstić information content (AvgIpc) is 3.05. The number of rotatable bonds is 4. The summed E-state index contributed by atoms with van der Waals surface area (Å²) in [6, 6.07) is 12.3. The molecule has 1 N–H and O–H groups in total. The minimum Gasteiger partial charge on any atom is -0.370 e. The number of hydrogen-bond donors (Lipinski definition) is 1. The van der Waals surface area contributed by atoms with E-state index in [1.807, 2.05) is 23.6 Å². The van der Waals surface area contributed by atoms with Crippen LogP contribution in [0.15, 0.2) is 47.2 Å². The van der Waals surface area contributed by atoms with Crippen LogP contribution in [-0.2, 0) is 0 Å². The first-order valence-corrected chi connectivity index (χ1v) is 7.94. The molecule has 0 radical (unpaired) electrons. The second-order valence-corrected chi connectivity index (χ2v) is 5.56. The molecular formula is C17H17N3S. The smallest absolute Gasteiger partial charge is 0.162 e. The second-order valence-electron chi connectivity index (χ2n) is 4.78. The standard InChI is InChI=1S/C17H17N3S/c1-3-18-16-12(2)15(13-7-5-4-6-8-13)19-17(20-16)14-9-10-21-11-14/h4-11H,3H2,1-2H3,(H,18,19,20). The van der Waals surface area contributed by atoms with Crippen molar-refractivity contribution in [3.05, 3.63) is 52.7 Å². The normalized spacial score (nSPS) is 10.6. The second kappa shape index (κ2) is 6.06. The van der Waals surface area contributed by atoms with Gasteiger partial charge in [0.2, 0.25) is 0 Å². The maximum atomic E-state index is 4.78. The van der Waals surface area contributed by atoms with E-state index in [0.717, 1.165) is 40.6 Å². The van der Waals surface area contributed by atoms with Gasteiger partial charge in [-0.25, -0.2) is 9.97 Å². The molecule has 0 aliphatic carbocycles. The van der Waals surface area contributed by atoms with Crippen molar-refractivity contribution in [1.29, 1.82) is 0 Å². The van der Waals surface area contributed by atoms with Crippen LogP contribution in [0.4, 0.5) is 5.82 Å². The topological polar surface area (TPSA) is 37.8 Å². The Bertz CT molecular complexity index is 721. The van der Waals surface area contributed by atoms with Crippen molar-refractivity contribution in [2.24, 2.45) is 0 Å². The first-order chi connectivity index (χ1) is 10.3. The van der Waals surface area contributed by atoms with Crippen LogP contribution in [0.1, 0.15) is 12.5 Å².